The summed E-state index contributed by atoms with van der Waals surface area (Å²) in [5.41, 5.74) is -0.450. The summed E-state index contributed by atoms with van der Waals surface area (Å²) in [5, 5.41) is 13.5. The molecule has 2 saturated heterocycles. The molecule has 2 aliphatic rings. The molecule has 5 nitrogen and oxygen atoms in total. The van der Waals surface area contributed by atoms with Gasteiger partial charge in [-0.1, -0.05) is 0 Å². The highest BCUT2D eigenvalue weighted by atomic mass is 16.6. The van der Waals surface area contributed by atoms with E-state index in [1.54, 1.807) is 4.90 Å². The molecular formula is C14H26N2O3. The van der Waals surface area contributed by atoms with Gasteiger partial charge >= 0.3 is 6.09 Å². The van der Waals surface area contributed by atoms with Gasteiger partial charge in [-0.25, -0.2) is 4.79 Å². The van der Waals surface area contributed by atoms with Crippen LogP contribution in [0.15, 0.2) is 0 Å². The van der Waals surface area contributed by atoms with E-state index in [0.29, 0.717) is 19.1 Å². The van der Waals surface area contributed by atoms with E-state index < -0.39 is 5.60 Å². The van der Waals surface area contributed by atoms with E-state index in [4.69, 9.17) is 4.74 Å². The molecule has 3 unspecified atom stereocenters. The number of amides is 1. The third kappa shape index (κ3) is 3.83. The van der Waals surface area contributed by atoms with E-state index in [1.165, 1.54) is 0 Å². The standard InChI is InChI=1S/C14H26N2O3/c1-14(2,3)19-13(18)16-8-5-10-11(6-9-16)15-7-4-12(10)17/h10-12,15,17H,4-9H2,1-3H3. The van der Waals surface area contributed by atoms with E-state index >= 15 is 0 Å². The van der Waals surface area contributed by atoms with Crippen molar-refractivity contribution in [3.05, 3.63) is 0 Å². The summed E-state index contributed by atoms with van der Waals surface area (Å²) in [6, 6.07) is 0.330. The zero-order valence-corrected chi connectivity index (χ0v) is 12.2. The lowest BCUT2D eigenvalue weighted by Crippen LogP contribution is -2.48. The van der Waals surface area contributed by atoms with Crippen molar-refractivity contribution in [2.24, 2.45) is 5.92 Å². The topological polar surface area (TPSA) is 61.8 Å². The average molecular weight is 270 g/mol. The number of aliphatic hydroxyl groups excluding tert-OH is 1. The van der Waals surface area contributed by atoms with E-state index in [-0.39, 0.29) is 18.1 Å². The number of aliphatic hydroxyl groups is 1. The Balaban J connectivity index is 1.94. The van der Waals surface area contributed by atoms with Crippen LogP contribution in [0.4, 0.5) is 4.79 Å². The van der Waals surface area contributed by atoms with Crippen LogP contribution in [0.1, 0.15) is 40.0 Å². The normalized spacial score (nSPS) is 32.4. The molecule has 0 saturated carbocycles. The summed E-state index contributed by atoms with van der Waals surface area (Å²) in [5.74, 6) is 0.265. The maximum atomic E-state index is 12.1. The molecule has 0 aromatic heterocycles. The number of nitrogens with zero attached hydrogens (tertiary/aromatic N) is 1. The highest BCUT2D eigenvalue weighted by Gasteiger charge is 2.35. The van der Waals surface area contributed by atoms with Crippen molar-refractivity contribution in [1.82, 2.24) is 10.2 Å². The van der Waals surface area contributed by atoms with Crippen LogP contribution < -0.4 is 5.32 Å². The van der Waals surface area contributed by atoms with Gasteiger partial charge in [0.15, 0.2) is 0 Å². The molecule has 0 aliphatic carbocycles. The number of carbonyl (C=O) groups excluding carboxylic acids is 1. The van der Waals surface area contributed by atoms with E-state index in [1.807, 2.05) is 20.8 Å². The van der Waals surface area contributed by atoms with Crippen molar-refractivity contribution in [1.29, 1.82) is 0 Å². The van der Waals surface area contributed by atoms with Gasteiger partial charge < -0.3 is 20.1 Å². The van der Waals surface area contributed by atoms with Crippen molar-refractivity contribution in [2.45, 2.75) is 57.8 Å². The quantitative estimate of drug-likeness (QED) is 0.697. The zero-order chi connectivity index (χ0) is 14.0. The highest BCUT2D eigenvalue weighted by molar-refractivity contribution is 5.68. The second-order valence-corrected chi connectivity index (χ2v) is 6.63. The van der Waals surface area contributed by atoms with E-state index in [0.717, 1.165) is 25.8 Å². The lowest BCUT2D eigenvalue weighted by molar-refractivity contribution is 0.0242. The first-order chi connectivity index (χ1) is 8.87. The maximum absolute atomic E-state index is 12.1. The van der Waals surface area contributed by atoms with Gasteiger partial charge in [-0.05, 0) is 46.6 Å². The Labute approximate surface area is 115 Å². The minimum Gasteiger partial charge on any atom is -0.444 e. The SMILES string of the molecule is CC(C)(C)OC(=O)N1CCC2NCCC(O)C2CC1. The Morgan fingerprint density at radius 2 is 1.95 bits per heavy atom. The van der Waals surface area contributed by atoms with Crippen LogP contribution in [0.5, 0.6) is 0 Å². The first-order valence-electron chi connectivity index (χ1n) is 7.26. The first kappa shape index (κ1) is 14.6. The molecule has 110 valence electrons. The van der Waals surface area contributed by atoms with Crippen molar-refractivity contribution < 1.29 is 14.6 Å². The van der Waals surface area contributed by atoms with Gasteiger partial charge in [0, 0.05) is 25.0 Å². The molecule has 0 bridgehead atoms. The van der Waals surface area contributed by atoms with Gasteiger partial charge in [-0.3, -0.25) is 0 Å². The molecule has 2 rings (SSSR count). The Morgan fingerprint density at radius 3 is 2.63 bits per heavy atom. The second kappa shape index (κ2) is 5.67. The predicted octanol–water partition coefficient (Wildman–Crippen LogP) is 1.36. The molecule has 2 fully saturated rings. The molecule has 0 aromatic carbocycles. The van der Waals surface area contributed by atoms with Crippen LogP contribution in [0.25, 0.3) is 0 Å². The van der Waals surface area contributed by atoms with Crippen LogP contribution in [-0.2, 0) is 4.74 Å². The van der Waals surface area contributed by atoms with Gasteiger partial charge in [0.05, 0.1) is 6.10 Å². The lowest BCUT2D eigenvalue weighted by atomic mass is 9.85. The van der Waals surface area contributed by atoms with Crippen LogP contribution in [-0.4, -0.2) is 53.5 Å². The molecule has 3 atom stereocenters. The van der Waals surface area contributed by atoms with Crippen molar-refractivity contribution in [3.63, 3.8) is 0 Å². The average Bonchev–Trinajstić information content (AvgIpc) is 2.50. The Bertz CT molecular complexity index is 327. The van der Waals surface area contributed by atoms with Gasteiger partial charge in [-0.2, -0.15) is 0 Å². The zero-order valence-electron chi connectivity index (χ0n) is 12.2. The number of nitrogens with one attached hydrogen (secondary N) is 1. The fourth-order valence-electron chi connectivity index (χ4n) is 2.98. The molecule has 5 heteroatoms. The van der Waals surface area contributed by atoms with Gasteiger partial charge in [0.1, 0.15) is 5.60 Å². The van der Waals surface area contributed by atoms with Crippen LogP contribution in [0.3, 0.4) is 0 Å². The number of ether oxygens (including phenoxy) is 1. The summed E-state index contributed by atoms with van der Waals surface area (Å²) in [6.07, 6.45) is 2.08. The number of piperidine rings is 1. The van der Waals surface area contributed by atoms with Gasteiger partial charge in [0.2, 0.25) is 0 Å². The van der Waals surface area contributed by atoms with Crippen molar-refractivity contribution in [2.75, 3.05) is 19.6 Å². The number of carbonyl (C=O) groups is 1. The number of rotatable bonds is 0. The van der Waals surface area contributed by atoms with Crippen molar-refractivity contribution >= 4 is 6.09 Å². The summed E-state index contributed by atoms with van der Waals surface area (Å²) >= 11 is 0. The molecule has 19 heavy (non-hydrogen) atoms. The van der Waals surface area contributed by atoms with E-state index in [2.05, 4.69) is 5.32 Å². The fourth-order valence-corrected chi connectivity index (χ4v) is 2.98. The third-order valence-corrected chi connectivity index (χ3v) is 3.95. The molecular weight excluding hydrogens is 244 g/mol. The number of likely N-dealkylation sites (tertiary alicyclic amines) is 1. The first-order valence-corrected chi connectivity index (χ1v) is 7.26. The molecule has 0 spiro atoms. The Hall–Kier alpha value is -0.810. The van der Waals surface area contributed by atoms with Crippen molar-refractivity contribution in [3.8, 4) is 0 Å². The minimum atomic E-state index is -0.450. The molecule has 2 heterocycles. The predicted molar refractivity (Wildman–Crippen MR) is 72.9 cm³/mol. The van der Waals surface area contributed by atoms with E-state index in [9.17, 15) is 9.90 Å². The fraction of sp³-hybridized carbons (Fsp3) is 0.929. The lowest BCUT2D eigenvalue weighted by Gasteiger charge is -2.34. The summed E-state index contributed by atoms with van der Waals surface area (Å²) in [7, 11) is 0. The summed E-state index contributed by atoms with van der Waals surface area (Å²) in [6.45, 7) is 7.90. The van der Waals surface area contributed by atoms with Crippen LogP contribution >= 0.6 is 0 Å². The smallest absolute Gasteiger partial charge is 0.410 e. The molecule has 0 aromatic rings. The van der Waals surface area contributed by atoms with Crippen LogP contribution in [0.2, 0.25) is 0 Å². The number of hydrogen-bond donors (Lipinski definition) is 2. The monoisotopic (exact) mass is 270 g/mol. The largest absolute Gasteiger partial charge is 0.444 e. The van der Waals surface area contributed by atoms with Gasteiger partial charge in [0.25, 0.3) is 0 Å². The maximum Gasteiger partial charge on any atom is 0.410 e. The second-order valence-electron chi connectivity index (χ2n) is 6.63. The number of fused-ring (bicyclic) bond motifs is 1. The third-order valence-electron chi connectivity index (χ3n) is 3.95. The van der Waals surface area contributed by atoms with Crippen LogP contribution in [0, 0.1) is 5.92 Å². The number of hydrogen-bond acceptors (Lipinski definition) is 4. The molecule has 0 radical (unpaired) electrons. The summed E-state index contributed by atoms with van der Waals surface area (Å²) < 4.78 is 5.42. The molecule has 2 N–H and O–H groups in total. The Kier molecular flexibility index (Phi) is 4.36. The Morgan fingerprint density at radius 1 is 1.26 bits per heavy atom. The highest BCUT2D eigenvalue weighted by Crippen LogP contribution is 2.26. The molecule has 1 amide bonds. The minimum absolute atomic E-state index is 0.232. The van der Waals surface area contributed by atoms with Gasteiger partial charge in [-0.15, -0.1) is 0 Å². The molecule has 2 aliphatic heterocycles. The summed E-state index contributed by atoms with van der Waals surface area (Å²) in [4.78, 5) is 13.9.